The summed E-state index contributed by atoms with van der Waals surface area (Å²) in [6.45, 7) is 0. The third kappa shape index (κ3) is 2.49. The van der Waals surface area contributed by atoms with E-state index >= 15 is 0 Å². The highest BCUT2D eigenvalue weighted by Crippen LogP contribution is 2.44. The minimum Gasteiger partial charge on any atom is -0.493 e. The topological polar surface area (TPSA) is 60.0 Å². The number of benzene rings is 1. The molecule has 1 aromatic carbocycles. The van der Waals surface area contributed by atoms with Crippen LogP contribution in [0.5, 0.6) is 11.5 Å². The Labute approximate surface area is 146 Å². The number of aromatic nitrogens is 3. The van der Waals surface area contributed by atoms with Crippen LogP contribution in [0.2, 0.25) is 0 Å². The van der Waals surface area contributed by atoms with Crippen LogP contribution in [-0.2, 0) is 12.6 Å². The van der Waals surface area contributed by atoms with Gasteiger partial charge in [-0.2, -0.15) is 18.3 Å². The Morgan fingerprint density at radius 2 is 1.81 bits per heavy atom. The Bertz CT molecular complexity index is 979. The molecule has 0 spiro atoms. The Morgan fingerprint density at radius 3 is 2.42 bits per heavy atom. The summed E-state index contributed by atoms with van der Waals surface area (Å²) in [7, 11) is 3.13. The maximum absolute atomic E-state index is 12.7. The summed E-state index contributed by atoms with van der Waals surface area (Å²) >= 11 is 0. The number of ether oxygens (including phenoxy) is 2. The second kappa shape index (κ2) is 5.76. The van der Waals surface area contributed by atoms with Gasteiger partial charge in [0.05, 0.1) is 25.6 Å². The van der Waals surface area contributed by atoms with E-state index in [4.69, 9.17) is 9.47 Å². The van der Waals surface area contributed by atoms with E-state index in [1.54, 1.807) is 14.2 Å². The van der Waals surface area contributed by atoms with Crippen LogP contribution in [0.3, 0.4) is 0 Å². The summed E-state index contributed by atoms with van der Waals surface area (Å²) < 4.78 is 48.8. The largest absolute Gasteiger partial charge is 0.493 e. The number of rotatable bonds is 3. The molecule has 0 saturated carbocycles. The van der Waals surface area contributed by atoms with Crippen molar-refractivity contribution in [1.29, 1.82) is 0 Å². The van der Waals surface area contributed by atoms with Crippen LogP contribution >= 0.6 is 0 Å². The van der Waals surface area contributed by atoms with Gasteiger partial charge in [0.25, 0.3) is 0 Å². The first-order chi connectivity index (χ1) is 12.4. The van der Waals surface area contributed by atoms with Crippen LogP contribution in [0.4, 0.5) is 13.2 Å². The van der Waals surface area contributed by atoms with Gasteiger partial charge in [-0.25, -0.2) is 0 Å². The molecular formula is C18H14F3N3O2. The lowest BCUT2D eigenvalue weighted by atomic mass is 10.1. The normalized spacial score (nSPS) is 12.7. The van der Waals surface area contributed by atoms with Gasteiger partial charge >= 0.3 is 6.18 Å². The number of H-pyrrole nitrogens is 1. The van der Waals surface area contributed by atoms with E-state index in [1.807, 2.05) is 12.1 Å². The fourth-order valence-electron chi connectivity index (χ4n) is 3.19. The molecule has 2 aromatic heterocycles. The van der Waals surface area contributed by atoms with Crippen molar-refractivity contribution in [3.05, 3.63) is 47.3 Å². The lowest BCUT2D eigenvalue weighted by Crippen LogP contribution is -2.07. The molecule has 0 bridgehead atoms. The lowest BCUT2D eigenvalue weighted by Gasteiger charge is -2.10. The molecule has 0 atom stereocenters. The van der Waals surface area contributed by atoms with Gasteiger partial charge in [-0.05, 0) is 29.8 Å². The molecule has 8 heteroatoms. The van der Waals surface area contributed by atoms with E-state index < -0.39 is 11.9 Å². The number of pyridine rings is 1. The summed E-state index contributed by atoms with van der Waals surface area (Å²) in [5.41, 5.74) is 3.92. The summed E-state index contributed by atoms with van der Waals surface area (Å²) in [5, 5.41) is 7.26. The van der Waals surface area contributed by atoms with E-state index in [0.717, 1.165) is 28.5 Å². The fraction of sp³-hybridized carbons (Fsp3) is 0.222. The highest BCUT2D eigenvalue weighted by atomic mass is 19.4. The van der Waals surface area contributed by atoms with Crippen molar-refractivity contribution in [2.75, 3.05) is 14.2 Å². The summed E-state index contributed by atoms with van der Waals surface area (Å²) in [6, 6.07) is 6.12. The number of hydrogen-bond acceptors (Lipinski definition) is 4. The first-order valence-corrected chi connectivity index (χ1v) is 7.78. The standard InChI is InChI=1S/C18H14F3N3O2/c1-25-13-6-10-5-12-16(9-3-4-15(22-8-9)18(19,20)21)23-24-17(12)11(10)7-14(13)26-2/h3-4,6-8H,5H2,1-2H3,(H,23,24). The first-order valence-electron chi connectivity index (χ1n) is 7.78. The van der Waals surface area contributed by atoms with Crippen molar-refractivity contribution >= 4 is 0 Å². The number of fused-ring (bicyclic) bond motifs is 3. The molecule has 1 aliphatic carbocycles. The Kier molecular flexibility index (Phi) is 3.64. The predicted molar refractivity (Wildman–Crippen MR) is 88.2 cm³/mol. The van der Waals surface area contributed by atoms with Crippen molar-refractivity contribution in [3.63, 3.8) is 0 Å². The molecule has 5 nitrogen and oxygen atoms in total. The van der Waals surface area contributed by atoms with Crippen LogP contribution in [-0.4, -0.2) is 29.4 Å². The molecule has 0 radical (unpaired) electrons. The molecule has 0 aliphatic heterocycles. The van der Waals surface area contributed by atoms with Crippen LogP contribution < -0.4 is 9.47 Å². The molecule has 0 unspecified atom stereocenters. The summed E-state index contributed by atoms with van der Waals surface area (Å²) in [4.78, 5) is 3.52. The van der Waals surface area contributed by atoms with Gasteiger partial charge in [0.15, 0.2) is 11.5 Å². The number of nitrogens with zero attached hydrogens (tertiary/aromatic N) is 2. The maximum Gasteiger partial charge on any atom is 0.433 e. The van der Waals surface area contributed by atoms with Crippen molar-refractivity contribution in [1.82, 2.24) is 15.2 Å². The molecule has 26 heavy (non-hydrogen) atoms. The molecule has 1 N–H and O–H groups in total. The third-order valence-electron chi connectivity index (χ3n) is 4.44. The van der Waals surface area contributed by atoms with Gasteiger partial charge < -0.3 is 9.47 Å². The first kappa shape index (κ1) is 16.4. The predicted octanol–water partition coefficient (Wildman–Crippen LogP) is 4.08. The van der Waals surface area contributed by atoms with E-state index in [1.165, 1.54) is 12.3 Å². The molecule has 0 fully saturated rings. The van der Waals surface area contributed by atoms with E-state index in [2.05, 4.69) is 15.2 Å². The van der Waals surface area contributed by atoms with Gasteiger partial charge in [-0.3, -0.25) is 10.1 Å². The molecular weight excluding hydrogens is 347 g/mol. The van der Waals surface area contributed by atoms with Gasteiger partial charge in [-0.15, -0.1) is 0 Å². The van der Waals surface area contributed by atoms with Crippen LogP contribution in [0.15, 0.2) is 30.5 Å². The Hall–Kier alpha value is -3.03. The second-order valence-corrected chi connectivity index (χ2v) is 5.90. The van der Waals surface area contributed by atoms with Gasteiger partial charge in [0, 0.05) is 29.3 Å². The zero-order valence-corrected chi connectivity index (χ0v) is 13.9. The third-order valence-corrected chi connectivity index (χ3v) is 4.44. The number of aromatic amines is 1. The highest BCUT2D eigenvalue weighted by Gasteiger charge is 2.33. The van der Waals surface area contributed by atoms with E-state index in [9.17, 15) is 13.2 Å². The van der Waals surface area contributed by atoms with Crippen molar-refractivity contribution in [2.45, 2.75) is 12.6 Å². The molecule has 2 heterocycles. The van der Waals surface area contributed by atoms with Gasteiger partial charge in [0.2, 0.25) is 0 Å². The molecule has 134 valence electrons. The van der Waals surface area contributed by atoms with Gasteiger partial charge in [0.1, 0.15) is 5.69 Å². The smallest absolute Gasteiger partial charge is 0.433 e. The minimum atomic E-state index is -4.46. The number of halogens is 3. The van der Waals surface area contributed by atoms with Gasteiger partial charge in [-0.1, -0.05) is 0 Å². The highest BCUT2D eigenvalue weighted by molar-refractivity contribution is 5.82. The average Bonchev–Trinajstić information content (AvgIpc) is 3.18. The average molecular weight is 361 g/mol. The quantitative estimate of drug-likeness (QED) is 0.597. The van der Waals surface area contributed by atoms with Crippen molar-refractivity contribution in [3.8, 4) is 34.0 Å². The van der Waals surface area contributed by atoms with Crippen molar-refractivity contribution < 1.29 is 22.6 Å². The number of nitrogens with one attached hydrogen (secondary N) is 1. The van der Waals surface area contributed by atoms with Crippen LogP contribution in [0.1, 0.15) is 16.8 Å². The molecule has 0 saturated heterocycles. The zero-order valence-electron chi connectivity index (χ0n) is 13.9. The SMILES string of the molecule is COc1cc2c(cc1OC)-c1[nH]nc(-c3ccc(C(F)(F)F)nc3)c1C2. The number of methoxy groups -OCH3 is 2. The maximum atomic E-state index is 12.7. The van der Waals surface area contributed by atoms with Crippen molar-refractivity contribution in [2.24, 2.45) is 0 Å². The van der Waals surface area contributed by atoms with E-state index in [0.29, 0.717) is 29.2 Å². The Balaban J connectivity index is 1.75. The fourth-order valence-corrected chi connectivity index (χ4v) is 3.19. The van der Waals surface area contributed by atoms with E-state index in [-0.39, 0.29) is 0 Å². The lowest BCUT2D eigenvalue weighted by molar-refractivity contribution is -0.141. The second-order valence-electron chi connectivity index (χ2n) is 5.90. The zero-order chi connectivity index (χ0) is 18.5. The summed E-state index contributed by atoms with van der Waals surface area (Å²) in [5.74, 6) is 1.23. The molecule has 4 rings (SSSR count). The Morgan fingerprint density at radius 1 is 1.08 bits per heavy atom. The van der Waals surface area contributed by atoms with Crippen LogP contribution in [0.25, 0.3) is 22.5 Å². The number of alkyl halides is 3. The minimum absolute atomic E-state index is 0.530. The number of hydrogen-bond donors (Lipinski definition) is 1. The summed E-state index contributed by atoms with van der Waals surface area (Å²) in [6.07, 6.45) is -2.67. The monoisotopic (exact) mass is 361 g/mol. The van der Waals surface area contributed by atoms with Crippen LogP contribution in [0, 0.1) is 0 Å². The molecule has 3 aromatic rings. The molecule has 1 aliphatic rings. The molecule has 0 amide bonds.